The first-order valence-corrected chi connectivity index (χ1v) is 11.4. The number of fused-ring (bicyclic) bond motifs is 1. The zero-order chi connectivity index (χ0) is 22.3. The second-order valence-electron chi connectivity index (χ2n) is 8.88. The first kappa shape index (κ1) is 21.6. The Balaban J connectivity index is 1.72. The number of thioether (sulfide) groups is 1. The molecule has 2 unspecified atom stereocenters. The predicted octanol–water partition coefficient (Wildman–Crippen LogP) is 5.02. The number of ether oxygens (including phenoxy) is 1. The van der Waals surface area contributed by atoms with Gasteiger partial charge in [0, 0.05) is 34.8 Å². The molecule has 6 nitrogen and oxygen atoms in total. The Hall–Kier alpha value is -2.64. The zero-order valence-corrected chi connectivity index (χ0v) is 19.2. The molecule has 162 valence electrons. The smallest absolute Gasteiger partial charge is 0.419 e. The molecule has 3 aromatic rings. The van der Waals surface area contributed by atoms with Crippen LogP contribution in [0.4, 0.5) is 4.79 Å². The number of rotatable bonds is 3. The number of Topliss-reactive ketones (excluding diaryl/α,β-unsaturated/α-hetero) is 1. The van der Waals surface area contributed by atoms with Crippen LogP contribution in [0.1, 0.15) is 53.3 Å². The van der Waals surface area contributed by atoms with Gasteiger partial charge >= 0.3 is 6.09 Å². The van der Waals surface area contributed by atoms with E-state index in [2.05, 4.69) is 10.3 Å². The first-order chi connectivity index (χ1) is 14.7. The van der Waals surface area contributed by atoms with Gasteiger partial charge < -0.3 is 4.74 Å². The van der Waals surface area contributed by atoms with Crippen LogP contribution in [0.5, 0.6) is 0 Å². The number of nitrogens with zero attached hydrogens (tertiary/aromatic N) is 2. The number of benzene rings is 1. The van der Waals surface area contributed by atoms with Gasteiger partial charge in [0.25, 0.3) is 0 Å². The molecule has 1 saturated heterocycles. The van der Waals surface area contributed by atoms with Crippen LogP contribution < -0.4 is 5.32 Å². The Morgan fingerprint density at radius 1 is 1.23 bits per heavy atom. The Morgan fingerprint density at radius 3 is 2.68 bits per heavy atom. The average Bonchev–Trinajstić information content (AvgIpc) is 3.29. The van der Waals surface area contributed by atoms with Crippen molar-refractivity contribution < 1.29 is 14.3 Å². The summed E-state index contributed by atoms with van der Waals surface area (Å²) in [5.41, 5.74) is 3.33. The van der Waals surface area contributed by atoms with Crippen molar-refractivity contribution in [2.24, 2.45) is 0 Å². The highest BCUT2D eigenvalue weighted by atomic mass is 32.2. The summed E-state index contributed by atoms with van der Waals surface area (Å²) in [7, 11) is 0. The number of carbonyl (C=O) groups is 2. The highest BCUT2D eigenvalue weighted by molar-refractivity contribution is 7.99. The molecule has 3 heterocycles. The molecule has 1 aliphatic rings. The van der Waals surface area contributed by atoms with E-state index >= 15 is 0 Å². The fraction of sp³-hybridized carbons (Fsp3) is 0.375. The topological polar surface area (TPSA) is 73.2 Å². The molecule has 1 aliphatic heterocycles. The number of nitrogens with one attached hydrogen (secondary N) is 1. The first-order valence-electron chi connectivity index (χ1n) is 10.3. The van der Waals surface area contributed by atoms with Gasteiger partial charge in [-0.15, -0.1) is 11.8 Å². The van der Waals surface area contributed by atoms with Crippen molar-refractivity contribution in [3.05, 3.63) is 65.1 Å². The van der Waals surface area contributed by atoms with Crippen molar-refractivity contribution in [2.45, 2.75) is 51.6 Å². The van der Waals surface area contributed by atoms with Gasteiger partial charge in [0.15, 0.2) is 5.78 Å². The third-order valence-electron chi connectivity index (χ3n) is 5.27. The van der Waals surface area contributed by atoms with Crippen LogP contribution in [0.2, 0.25) is 0 Å². The molecule has 1 fully saturated rings. The molecule has 0 amide bonds. The minimum Gasteiger partial charge on any atom is -0.443 e. The lowest BCUT2D eigenvalue weighted by molar-refractivity contribution is 0.0541. The second-order valence-corrected chi connectivity index (χ2v) is 10.0. The molecule has 2 aromatic heterocycles. The van der Waals surface area contributed by atoms with Crippen molar-refractivity contribution in [1.29, 1.82) is 0 Å². The number of aromatic nitrogens is 2. The standard InChI is InChI=1S/C24H27N3O3S/c1-14-8-9-19-17(11-14)20(15(2)27(19)23(29)30-24(3,4)5)21(28)18-13-31-22(26-18)16-7-6-10-25-12-16/h6-12,18,22,26H,13H2,1-5H3. The molecule has 1 aromatic carbocycles. The van der Waals surface area contributed by atoms with Crippen LogP contribution in [0.15, 0.2) is 42.7 Å². The summed E-state index contributed by atoms with van der Waals surface area (Å²) in [6.07, 6.45) is 3.09. The predicted molar refractivity (Wildman–Crippen MR) is 124 cm³/mol. The molecule has 31 heavy (non-hydrogen) atoms. The molecule has 0 saturated carbocycles. The summed E-state index contributed by atoms with van der Waals surface area (Å²) in [5.74, 6) is 0.650. The average molecular weight is 438 g/mol. The quantitative estimate of drug-likeness (QED) is 0.580. The third kappa shape index (κ3) is 4.25. The zero-order valence-electron chi connectivity index (χ0n) is 18.4. The monoisotopic (exact) mass is 437 g/mol. The number of ketones is 1. The van der Waals surface area contributed by atoms with Gasteiger partial charge in [-0.25, -0.2) is 9.36 Å². The van der Waals surface area contributed by atoms with Crippen LogP contribution in [0.25, 0.3) is 10.9 Å². The molecule has 0 spiro atoms. The number of pyridine rings is 1. The number of hydrogen-bond donors (Lipinski definition) is 1. The van der Waals surface area contributed by atoms with Crippen LogP contribution in [-0.2, 0) is 4.74 Å². The summed E-state index contributed by atoms with van der Waals surface area (Å²) in [6.45, 7) is 9.30. The maximum absolute atomic E-state index is 13.6. The Kier molecular flexibility index (Phi) is 5.66. The summed E-state index contributed by atoms with van der Waals surface area (Å²) in [4.78, 5) is 30.8. The number of hydrogen-bond acceptors (Lipinski definition) is 6. The third-order valence-corrected chi connectivity index (χ3v) is 6.54. The van der Waals surface area contributed by atoms with E-state index < -0.39 is 11.7 Å². The van der Waals surface area contributed by atoms with Gasteiger partial charge in [-0.1, -0.05) is 17.7 Å². The van der Waals surface area contributed by atoms with Gasteiger partial charge in [0.2, 0.25) is 0 Å². The van der Waals surface area contributed by atoms with E-state index in [4.69, 9.17) is 4.74 Å². The lowest BCUT2D eigenvalue weighted by atomic mass is 10.0. The second kappa shape index (κ2) is 8.13. The van der Waals surface area contributed by atoms with E-state index in [1.807, 2.05) is 71.1 Å². The van der Waals surface area contributed by atoms with Gasteiger partial charge in [0.05, 0.1) is 16.9 Å². The number of aryl methyl sites for hydroxylation is 1. The summed E-state index contributed by atoms with van der Waals surface area (Å²) in [5, 5.41) is 4.24. The molecule has 4 rings (SSSR count). The largest absolute Gasteiger partial charge is 0.443 e. The van der Waals surface area contributed by atoms with Gasteiger partial charge in [-0.3, -0.25) is 15.1 Å². The molecule has 0 bridgehead atoms. The van der Waals surface area contributed by atoms with Crippen LogP contribution in [0, 0.1) is 13.8 Å². The van der Waals surface area contributed by atoms with Crippen LogP contribution in [0.3, 0.4) is 0 Å². The van der Waals surface area contributed by atoms with Gasteiger partial charge in [0.1, 0.15) is 5.60 Å². The van der Waals surface area contributed by atoms with E-state index in [9.17, 15) is 9.59 Å². The van der Waals surface area contributed by atoms with Gasteiger partial charge in [-0.05, 0) is 58.4 Å². The maximum atomic E-state index is 13.6. The molecular formula is C24H27N3O3S. The SMILES string of the molecule is Cc1ccc2c(c1)c(C(=O)C1CSC(c3cccnc3)N1)c(C)n2C(=O)OC(C)(C)C. The summed E-state index contributed by atoms with van der Waals surface area (Å²) in [6, 6.07) is 9.36. The molecule has 0 aliphatic carbocycles. The van der Waals surface area contributed by atoms with Crippen molar-refractivity contribution in [2.75, 3.05) is 5.75 Å². The Morgan fingerprint density at radius 2 is 2.00 bits per heavy atom. The summed E-state index contributed by atoms with van der Waals surface area (Å²) >= 11 is 1.69. The van der Waals surface area contributed by atoms with Crippen molar-refractivity contribution >= 4 is 34.5 Å². The van der Waals surface area contributed by atoms with Crippen LogP contribution >= 0.6 is 11.8 Å². The fourth-order valence-corrected chi connectivity index (χ4v) is 5.13. The van der Waals surface area contributed by atoms with Crippen molar-refractivity contribution in [3.63, 3.8) is 0 Å². The molecule has 7 heteroatoms. The number of carbonyl (C=O) groups excluding carboxylic acids is 2. The lowest BCUT2D eigenvalue weighted by Gasteiger charge is -2.20. The van der Waals surface area contributed by atoms with E-state index in [1.165, 1.54) is 4.57 Å². The summed E-state index contributed by atoms with van der Waals surface area (Å²) < 4.78 is 7.14. The molecule has 0 radical (unpaired) electrons. The molecular weight excluding hydrogens is 410 g/mol. The Labute approximate surface area is 186 Å². The normalized spacial score (nSPS) is 19.0. The minimum atomic E-state index is -0.629. The van der Waals surface area contributed by atoms with Gasteiger partial charge in [-0.2, -0.15) is 0 Å². The Bertz CT molecular complexity index is 1150. The highest BCUT2D eigenvalue weighted by Gasteiger charge is 2.35. The fourth-order valence-electron chi connectivity index (χ4n) is 3.91. The molecule has 2 atom stereocenters. The lowest BCUT2D eigenvalue weighted by Crippen LogP contribution is -2.34. The maximum Gasteiger partial charge on any atom is 0.419 e. The van der Waals surface area contributed by atoms with Crippen molar-refractivity contribution in [3.8, 4) is 0 Å². The van der Waals surface area contributed by atoms with E-state index in [0.29, 0.717) is 22.5 Å². The van der Waals surface area contributed by atoms with E-state index in [1.54, 1.807) is 18.0 Å². The molecule has 1 N–H and O–H groups in total. The van der Waals surface area contributed by atoms with Crippen molar-refractivity contribution in [1.82, 2.24) is 14.9 Å². The van der Waals surface area contributed by atoms with Crippen LogP contribution in [-0.4, -0.2) is 38.8 Å². The highest BCUT2D eigenvalue weighted by Crippen LogP contribution is 2.35. The minimum absolute atomic E-state index is 0.00528. The van der Waals surface area contributed by atoms with E-state index in [0.717, 1.165) is 16.5 Å². The van der Waals surface area contributed by atoms with E-state index in [-0.39, 0.29) is 17.2 Å².